The van der Waals surface area contributed by atoms with Crippen molar-refractivity contribution in [2.75, 3.05) is 5.75 Å². The summed E-state index contributed by atoms with van der Waals surface area (Å²) in [5.41, 5.74) is 1.50. The van der Waals surface area contributed by atoms with Crippen LogP contribution in [0.3, 0.4) is 0 Å². The van der Waals surface area contributed by atoms with Gasteiger partial charge in [0.15, 0.2) is 0 Å². The predicted molar refractivity (Wildman–Crippen MR) is 102 cm³/mol. The van der Waals surface area contributed by atoms with Crippen molar-refractivity contribution >= 4 is 28.8 Å². The summed E-state index contributed by atoms with van der Waals surface area (Å²) in [4.78, 5) is 38.2. The Morgan fingerprint density at radius 3 is 2.68 bits per heavy atom. The second-order valence-corrected chi connectivity index (χ2v) is 7.85. The maximum absolute atomic E-state index is 13.1. The fourth-order valence-corrected chi connectivity index (χ4v) is 4.49. The molecule has 2 aliphatic rings. The van der Waals surface area contributed by atoms with Crippen molar-refractivity contribution in [3.05, 3.63) is 41.8 Å². The van der Waals surface area contributed by atoms with Crippen molar-refractivity contribution in [1.29, 1.82) is 0 Å². The Morgan fingerprint density at radius 1 is 1.21 bits per heavy atom. The summed E-state index contributed by atoms with van der Waals surface area (Å²) in [6.45, 7) is 0. The van der Waals surface area contributed by atoms with Gasteiger partial charge >= 0.3 is 0 Å². The standard InChI is InChI=1S/C19H19FN4O3S/c20-12-7-5-11(6-8-12)14-9-15(23-22-14)18(26)21-13-3-1-2-4-16(13)24-17(25)10-28-19(24)27/h5-9,13,16H,1-4,10H2,(H,21,26)(H,22,23)/t13-,16-/m0/s1. The van der Waals surface area contributed by atoms with Gasteiger partial charge in [0.2, 0.25) is 5.91 Å². The number of benzene rings is 1. The molecule has 1 saturated heterocycles. The lowest BCUT2D eigenvalue weighted by molar-refractivity contribution is -0.127. The fourth-order valence-electron chi connectivity index (χ4n) is 3.73. The molecular formula is C19H19FN4O3S. The number of nitrogens with zero attached hydrogens (tertiary/aromatic N) is 2. The van der Waals surface area contributed by atoms with Gasteiger partial charge in [0.1, 0.15) is 11.5 Å². The maximum Gasteiger partial charge on any atom is 0.289 e. The van der Waals surface area contributed by atoms with E-state index in [2.05, 4.69) is 15.5 Å². The summed E-state index contributed by atoms with van der Waals surface area (Å²) in [6, 6.07) is 6.84. The highest BCUT2D eigenvalue weighted by Crippen LogP contribution is 2.30. The SMILES string of the molecule is O=C(N[C@H]1CCCC[C@@H]1N1C(=O)CSC1=O)c1cc(-c2ccc(F)cc2)n[nH]1. The van der Waals surface area contributed by atoms with E-state index in [9.17, 15) is 18.8 Å². The van der Waals surface area contributed by atoms with Crippen molar-refractivity contribution in [1.82, 2.24) is 20.4 Å². The van der Waals surface area contributed by atoms with Gasteiger partial charge in [-0.05, 0) is 43.2 Å². The Hall–Kier alpha value is -2.68. The Bertz CT molecular complexity index is 898. The number of aromatic amines is 1. The molecule has 2 heterocycles. The van der Waals surface area contributed by atoms with E-state index in [4.69, 9.17) is 0 Å². The third-order valence-corrected chi connectivity index (χ3v) is 5.96. The van der Waals surface area contributed by atoms with E-state index < -0.39 is 0 Å². The minimum absolute atomic E-state index is 0.164. The Balaban J connectivity index is 1.48. The molecule has 28 heavy (non-hydrogen) atoms. The largest absolute Gasteiger partial charge is 0.346 e. The highest BCUT2D eigenvalue weighted by Gasteiger charge is 2.41. The number of hydrogen-bond donors (Lipinski definition) is 2. The molecule has 7 nitrogen and oxygen atoms in total. The minimum Gasteiger partial charge on any atom is -0.346 e. The Labute approximate surface area is 165 Å². The third kappa shape index (κ3) is 3.66. The van der Waals surface area contributed by atoms with Crippen molar-refractivity contribution in [3.8, 4) is 11.3 Å². The van der Waals surface area contributed by atoms with Crippen molar-refractivity contribution < 1.29 is 18.8 Å². The zero-order valence-corrected chi connectivity index (χ0v) is 15.8. The predicted octanol–water partition coefficient (Wildman–Crippen LogP) is 2.95. The van der Waals surface area contributed by atoms with E-state index in [1.165, 1.54) is 17.0 Å². The molecule has 2 aromatic rings. The number of nitrogens with one attached hydrogen (secondary N) is 2. The number of halogens is 1. The first kappa shape index (κ1) is 18.7. The lowest BCUT2D eigenvalue weighted by atomic mass is 9.89. The van der Waals surface area contributed by atoms with Crippen LogP contribution < -0.4 is 5.32 Å². The van der Waals surface area contributed by atoms with Crippen LogP contribution in [0.1, 0.15) is 36.2 Å². The molecule has 9 heteroatoms. The zero-order chi connectivity index (χ0) is 19.7. The number of thioether (sulfide) groups is 1. The molecule has 1 aliphatic heterocycles. The topological polar surface area (TPSA) is 95.2 Å². The molecule has 1 aliphatic carbocycles. The van der Waals surface area contributed by atoms with Crippen LogP contribution in [0.25, 0.3) is 11.3 Å². The van der Waals surface area contributed by atoms with E-state index >= 15 is 0 Å². The van der Waals surface area contributed by atoms with E-state index in [0.29, 0.717) is 24.1 Å². The van der Waals surface area contributed by atoms with Crippen LogP contribution in [0.5, 0.6) is 0 Å². The number of H-pyrrole nitrogens is 1. The molecule has 1 saturated carbocycles. The number of aromatic nitrogens is 2. The van der Waals surface area contributed by atoms with Gasteiger partial charge in [-0.15, -0.1) is 0 Å². The molecule has 2 fully saturated rings. The van der Waals surface area contributed by atoms with Crippen LogP contribution in [-0.4, -0.2) is 50.0 Å². The average molecular weight is 402 g/mol. The summed E-state index contributed by atoms with van der Waals surface area (Å²) in [6.07, 6.45) is 3.23. The van der Waals surface area contributed by atoms with E-state index in [1.807, 2.05) is 0 Å². The molecule has 146 valence electrons. The minimum atomic E-state index is -0.343. The first-order chi connectivity index (χ1) is 13.5. The number of imide groups is 1. The average Bonchev–Trinajstić information content (AvgIpc) is 3.30. The molecule has 0 unspecified atom stereocenters. The lowest BCUT2D eigenvalue weighted by Crippen LogP contribution is -2.54. The van der Waals surface area contributed by atoms with E-state index in [1.54, 1.807) is 18.2 Å². The van der Waals surface area contributed by atoms with Crippen LogP contribution in [0.15, 0.2) is 30.3 Å². The molecule has 1 aromatic heterocycles. The van der Waals surface area contributed by atoms with Gasteiger partial charge in [0.05, 0.1) is 23.5 Å². The molecule has 2 N–H and O–H groups in total. The van der Waals surface area contributed by atoms with Gasteiger partial charge in [-0.25, -0.2) is 4.39 Å². The van der Waals surface area contributed by atoms with Gasteiger partial charge in [0.25, 0.3) is 11.1 Å². The molecular weight excluding hydrogens is 383 g/mol. The van der Waals surface area contributed by atoms with Crippen LogP contribution in [-0.2, 0) is 4.79 Å². The van der Waals surface area contributed by atoms with Crippen LogP contribution >= 0.6 is 11.8 Å². The maximum atomic E-state index is 13.1. The summed E-state index contributed by atoms with van der Waals surface area (Å²) in [7, 11) is 0. The van der Waals surface area contributed by atoms with Crippen molar-refractivity contribution in [3.63, 3.8) is 0 Å². The quantitative estimate of drug-likeness (QED) is 0.820. The molecule has 0 spiro atoms. The zero-order valence-electron chi connectivity index (χ0n) is 15.0. The number of amides is 3. The van der Waals surface area contributed by atoms with Crippen molar-refractivity contribution in [2.24, 2.45) is 0 Å². The summed E-state index contributed by atoms with van der Waals surface area (Å²) in [5, 5.41) is 9.54. The molecule has 0 bridgehead atoms. The highest BCUT2D eigenvalue weighted by molar-refractivity contribution is 8.14. The van der Waals surface area contributed by atoms with Gasteiger partial charge < -0.3 is 5.32 Å². The molecule has 0 radical (unpaired) electrons. The van der Waals surface area contributed by atoms with Gasteiger partial charge in [0, 0.05) is 5.56 Å². The Kier molecular flexibility index (Phi) is 5.17. The van der Waals surface area contributed by atoms with Gasteiger partial charge in [-0.2, -0.15) is 5.10 Å². The number of carbonyl (C=O) groups is 3. The normalized spacial score (nSPS) is 22.5. The fraction of sp³-hybridized carbons (Fsp3) is 0.368. The summed E-state index contributed by atoms with van der Waals surface area (Å²) < 4.78 is 13.1. The van der Waals surface area contributed by atoms with Gasteiger partial charge in [-0.3, -0.25) is 24.4 Å². The van der Waals surface area contributed by atoms with E-state index in [-0.39, 0.29) is 46.4 Å². The monoisotopic (exact) mass is 402 g/mol. The van der Waals surface area contributed by atoms with Crippen molar-refractivity contribution in [2.45, 2.75) is 37.8 Å². The summed E-state index contributed by atoms with van der Waals surface area (Å²) >= 11 is 1.01. The van der Waals surface area contributed by atoms with E-state index in [0.717, 1.165) is 24.6 Å². The third-order valence-electron chi connectivity index (χ3n) is 5.12. The summed E-state index contributed by atoms with van der Waals surface area (Å²) in [5.74, 6) is -0.715. The molecule has 1 aromatic carbocycles. The molecule has 2 atom stereocenters. The molecule has 4 rings (SSSR count). The smallest absolute Gasteiger partial charge is 0.289 e. The second-order valence-electron chi connectivity index (χ2n) is 6.92. The number of rotatable bonds is 4. The first-order valence-corrected chi connectivity index (χ1v) is 10.1. The number of hydrogen-bond acceptors (Lipinski definition) is 5. The van der Waals surface area contributed by atoms with Gasteiger partial charge in [-0.1, -0.05) is 24.6 Å². The van der Waals surface area contributed by atoms with Crippen LogP contribution in [0, 0.1) is 5.82 Å². The molecule has 3 amide bonds. The number of carbonyl (C=O) groups excluding carboxylic acids is 3. The first-order valence-electron chi connectivity index (χ1n) is 9.14. The second kappa shape index (κ2) is 7.75. The van der Waals surface area contributed by atoms with Crippen LogP contribution in [0.2, 0.25) is 0 Å². The van der Waals surface area contributed by atoms with Crippen LogP contribution in [0.4, 0.5) is 9.18 Å². The lowest BCUT2D eigenvalue weighted by Gasteiger charge is -2.36. The Morgan fingerprint density at radius 2 is 1.96 bits per heavy atom. The highest BCUT2D eigenvalue weighted by atomic mass is 32.2.